The second-order valence-corrected chi connectivity index (χ2v) is 12.7. The number of amides is 1. The minimum absolute atomic E-state index is 0.179. The van der Waals surface area contributed by atoms with E-state index in [0.29, 0.717) is 23.1 Å². The lowest BCUT2D eigenvalue weighted by atomic mass is 9.98. The van der Waals surface area contributed by atoms with Crippen LogP contribution in [0.4, 0.5) is 11.5 Å². The number of benzene rings is 1. The molecule has 2 aliphatic heterocycles. The molecule has 1 amide bonds. The molecule has 4 heterocycles. The van der Waals surface area contributed by atoms with Crippen LogP contribution in [0.25, 0.3) is 5.65 Å². The van der Waals surface area contributed by atoms with Crippen LogP contribution in [-0.2, 0) is 10.2 Å². The van der Waals surface area contributed by atoms with Crippen molar-refractivity contribution in [1.29, 1.82) is 0 Å². The van der Waals surface area contributed by atoms with Gasteiger partial charge in [-0.2, -0.15) is 17.8 Å². The number of nitrogens with two attached hydrogens (primary N) is 1. The Labute approximate surface area is 233 Å². The molecule has 5 rings (SSSR count). The third kappa shape index (κ3) is 5.45. The molecule has 0 saturated carbocycles. The maximum atomic E-state index is 13.9. The molecule has 2 fully saturated rings. The molecule has 11 nitrogen and oxygen atoms in total. The zero-order valence-electron chi connectivity index (χ0n) is 22.3. The number of carbonyl (C=O) groups excluding carboxylic acids is 1. The van der Waals surface area contributed by atoms with Crippen LogP contribution in [0.2, 0.25) is 5.02 Å². The maximum absolute atomic E-state index is 13.9. The number of piperidine rings is 1. The molecule has 0 spiro atoms. The number of aromatic nitrogens is 3. The SMILES string of the molecule is Cc1cn2nc([C@@H]3CCCCN3C(=O)c3cc(Cl)ccc3NS(=O)(=O)N(C)C)cc2nc1N1CCC(C=[NH2+])C1. The van der Waals surface area contributed by atoms with Gasteiger partial charge in [0.1, 0.15) is 12.0 Å². The number of hydrogen-bond donors (Lipinski definition) is 2. The predicted octanol–water partition coefficient (Wildman–Crippen LogP) is 1.93. The quantitative estimate of drug-likeness (QED) is 0.416. The molecule has 1 aromatic carbocycles. The van der Waals surface area contributed by atoms with Gasteiger partial charge in [0, 0.05) is 56.6 Å². The molecular formula is C26H34ClN8O3S+. The highest BCUT2D eigenvalue weighted by atomic mass is 35.5. The van der Waals surface area contributed by atoms with Crippen molar-refractivity contribution in [2.75, 3.05) is 43.4 Å². The standard InChI is InChI=1S/C26H33ClN8O3S/c1-17-15-35-24(29-25(17)33-11-9-18(14-28)16-33)13-22(30-35)23-6-4-5-10-34(23)26(36)20-12-19(27)7-8-21(20)31-39(37,38)32(2)3/h7-8,12-15,18,23,28,31H,4-6,9-11,16H2,1-3H3/p+1/t18?,23-/m0/s1. The van der Waals surface area contributed by atoms with Gasteiger partial charge in [0.2, 0.25) is 0 Å². The number of nitrogens with one attached hydrogen (secondary N) is 1. The van der Waals surface area contributed by atoms with Crippen LogP contribution in [0.15, 0.2) is 30.5 Å². The van der Waals surface area contributed by atoms with Crippen LogP contribution in [0.5, 0.6) is 0 Å². The van der Waals surface area contributed by atoms with Crippen molar-refractivity contribution in [3.8, 4) is 0 Å². The number of carbonyl (C=O) groups is 1. The van der Waals surface area contributed by atoms with Gasteiger partial charge in [-0.25, -0.2) is 9.50 Å². The average Bonchev–Trinajstić information content (AvgIpc) is 3.55. The van der Waals surface area contributed by atoms with Crippen LogP contribution in [0, 0.1) is 12.8 Å². The van der Waals surface area contributed by atoms with Crippen molar-refractivity contribution in [1.82, 2.24) is 23.8 Å². The molecule has 2 saturated heterocycles. The van der Waals surface area contributed by atoms with E-state index in [0.717, 1.165) is 60.2 Å². The van der Waals surface area contributed by atoms with Gasteiger partial charge in [-0.3, -0.25) is 14.9 Å². The van der Waals surface area contributed by atoms with Gasteiger partial charge in [-0.15, -0.1) is 0 Å². The number of fused-ring (bicyclic) bond motifs is 1. The fourth-order valence-corrected chi connectivity index (χ4v) is 6.10. The molecule has 208 valence electrons. The summed E-state index contributed by atoms with van der Waals surface area (Å²) in [4.78, 5) is 22.9. The third-order valence-corrected chi connectivity index (χ3v) is 9.13. The maximum Gasteiger partial charge on any atom is 0.301 e. The summed E-state index contributed by atoms with van der Waals surface area (Å²) in [6.07, 6.45) is 7.26. The second-order valence-electron chi connectivity index (χ2n) is 10.4. The summed E-state index contributed by atoms with van der Waals surface area (Å²) < 4.78 is 30.4. The molecule has 3 aromatic rings. The molecule has 39 heavy (non-hydrogen) atoms. The Bertz CT molecular complexity index is 1520. The summed E-state index contributed by atoms with van der Waals surface area (Å²) in [6, 6.07) is 6.24. The first-order chi connectivity index (χ1) is 18.6. The van der Waals surface area contributed by atoms with Crippen molar-refractivity contribution in [3.63, 3.8) is 0 Å². The Morgan fingerprint density at radius 3 is 2.72 bits per heavy atom. The van der Waals surface area contributed by atoms with Gasteiger partial charge in [0.05, 0.1) is 28.9 Å². The molecule has 13 heteroatoms. The third-order valence-electron chi connectivity index (χ3n) is 7.46. The Morgan fingerprint density at radius 2 is 2.00 bits per heavy atom. The fourth-order valence-electron chi connectivity index (χ4n) is 5.29. The van der Waals surface area contributed by atoms with Crippen molar-refractivity contribution in [3.05, 3.63) is 52.3 Å². The number of rotatable bonds is 7. The Kier molecular flexibility index (Phi) is 7.53. The topological polar surface area (TPSA) is 129 Å². The van der Waals surface area contributed by atoms with E-state index in [2.05, 4.69) is 9.62 Å². The summed E-state index contributed by atoms with van der Waals surface area (Å²) in [7, 11) is -0.981. The first-order valence-electron chi connectivity index (χ1n) is 13.0. The van der Waals surface area contributed by atoms with Crippen molar-refractivity contribution < 1.29 is 18.6 Å². The average molecular weight is 574 g/mol. The van der Waals surface area contributed by atoms with Gasteiger partial charge < -0.3 is 9.80 Å². The number of nitrogens with zero attached hydrogens (tertiary/aromatic N) is 6. The lowest BCUT2D eigenvalue weighted by molar-refractivity contribution is -0.110. The molecule has 2 atom stereocenters. The summed E-state index contributed by atoms with van der Waals surface area (Å²) in [5, 5.41) is 10.9. The van der Waals surface area contributed by atoms with Gasteiger partial charge in [0.25, 0.3) is 5.91 Å². The Balaban J connectivity index is 1.47. The van der Waals surface area contributed by atoms with Crippen LogP contribution >= 0.6 is 11.6 Å². The zero-order chi connectivity index (χ0) is 27.9. The van der Waals surface area contributed by atoms with E-state index in [1.54, 1.807) is 21.7 Å². The zero-order valence-corrected chi connectivity index (χ0v) is 23.9. The number of aryl methyl sites for hydroxylation is 1. The fraction of sp³-hybridized carbons (Fsp3) is 0.462. The first kappa shape index (κ1) is 27.4. The summed E-state index contributed by atoms with van der Waals surface area (Å²) >= 11 is 6.25. The summed E-state index contributed by atoms with van der Waals surface area (Å²) in [5.74, 6) is 0.969. The lowest BCUT2D eigenvalue weighted by Gasteiger charge is -2.35. The van der Waals surface area contributed by atoms with Gasteiger partial charge in [-0.05, 0) is 50.8 Å². The smallest absolute Gasteiger partial charge is 0.301 e. The summed E-state index contributed by atoms with van der Waals surface area (Å²) in [5.41, 5.74) is 2.85. The summed E-state index contributed by atoms with van der Waals surface area (Å²) in [6.45, 7) is 4.28. The molecule has 0 radical (unpaired) electrons. The van der Waals surface area contributed by atoms with Crippen LogP contribution in [0.1, 0.15) is 53.3 Å². The van der Waals surface area contributed by atoms with Gasteiger partial charge >= 0.3 is 10.2 Å². The first-order valence-corrected chi connectivity index (χ1v) is 14.9. The minimum atomic E-state index is -3.82. The second kappa shape index (κ2) is 10.7. The number of hydrogen-bond acceptors (Lipinski definition) is 6. The van der Waals surface area contributed by atoms with Crippen LogP contribution in [0.3, 0.4) is 0 Å². The lowest BCUT2D eigenvalue weighted by Crippen LogP contribution is -2.39. The van der Waals surface area contributed by atoms with E-state index in [4.69, 9.17) is 27.1 Å². The monoisotopic (exact) mass is 573 g/mol. The Hall–Kier alpha value is -3.22. The number of halogens is 1. The van der Waals surface area contributed by atoms with Crippen molar-refractivity contribution in [2.24, 2.45) is 5.92 Å². The number of anilines is 2. The van der Waals surface area contributed by atoms with Crippen molar-refractivity contribution in [2.45, 2.75) is 38.6 Å². The van der Waals surface area contributed by atoms with Gasteiger partial charge in [0.15, 0.2) is 5.65 Å². The predicted molar refractivity (Wildman–Crippen MR) is 151 cm³/mol. The van der Waals surface area contributed by atoms with Crippen LogP contribution in [-0.4, -0.2) is 78.1 Å². The number of likely N-dealkylation sites (tertiary alicyclic amines) is 1. The van der Waals surface area contributed by atoms with Crippen LogP contribution < -0.4 is 15.0 Å². The molecular weight excluding hydrogens is 540 g/mol. The molecule has 0 bridgehead atoms. The highest BCUT2D eigenvalue weighted by molar-refractivity contribution is 7.90. The molecule has 1 unspecified atom stereocenters. The molecule has 3 N–H and O–H groups in total. The molecule has 0 aliphatic carbocycles. The van der Waals surface area contributed by atoms with Gasteiger partial charge in [-0.1, -0.05) is 11.6 Å². The van der Waals surface area contributed by atoms with E-state index in [-0.39, 0.29) is 23.2 Å². The van der Waals surface area contributed by atoms with E-state index in [1.165, 1.54) is 26.2 Å². The van der Waals surface area contributed by atoms with E-state index in [1.807, 2.05) is 19.2 Å². The largest absolute Gasteiger partial charge is 0.355 e. The molecule has 2 aliphatic rings. The highest BCUT2D eigenvalue weighted by Gasteiger charge is 2.33. The van der Waals surface area contributed by atoms with Crippen molar-refractivity contribution >= 4 is 51.1 Å². The van der Waals surface area contributed by atoms with E-state index in [9.17, 15) is 13.2 Å². The van der Waals surface area contributed by atoms with E-state index < -0.39 is 10.2 Å². The van der Waals surface area contributed by atoms with E-state index >= 15 is 0 Å². The normalized spacial score (nSPS) is 20.1. The highest BCUT2D eigenvalue weighted by Crippen LogP contribution is 2.34. The minimum Gasteiger partial charge on any atom is -0.355 e. The Morgan fingerprint density at radius 1 is 1.21 bits per heavy atom. The molecule has 2 aromatic heterocycles.